The van der Waals surface area contributed by atoms with E-state index in [0.717, 1.165) is 11.3 Å². The lowest BCUT2D eigenvalue weighted by Crippen LogP contribution is -2.12. The van der Waals surface area contributed by atoms with Crippen molar-refractivity contribution in [1.29, 1.82) is 0 Å². The van der Waals surface area contributed by atoms with Crippen molar-refractivity contribution in [2.75, 3.05) is 5.32 Å². The molecule has 0 aliphatic carbocycles. The SMILES string of the molecule is CC(=O)c1ccc(NC(=O)c2cccc3[nH]c(C)nc23)cc1. The number of rotatable bonds is 3. The first-order chi connectivity index (χ1) is 10.5. The number of carbonyl (C=O) groups is 2. The van der Waals surface area contributed by atoms with Gasteiger partial charge in [-0.1, -0.05) is 6.07 Å². The number of aromatic nitrogens is 2. The molecule has 3 rings (SSSR count). The minimum Gasteiger partial charge on any atom is -0.342 e. The van der Waals surface area contributed by atoms with Crippen LogP contribution in [0, 0.1) is 6.92 Å². The lowest BCUT2D eigenvalue weighted by Gasteiger charge is -2.06. The van der Waals surface area contributed by atoms with Crippen LogP contribution in [-0.2, 0) is 0 Å². The number of imidazole rings is 1. The Morgan fingerprint density at radius 3 is 2.50 bits per heavy atom. The van der Waals surface area contributed by atoms with Gasteiger partial charge in [-0.2, -0.15) is 0 Å². The van der Waals surface area contributed by atoms with Crippen molar-refractivity contribution in [1.82, 2.24) is 9.97 Å². The summed E-state index contributed by atoms with van der Waals surface area (Å²) in [4.78, 5) is 31.1. The molecule has 0 aliphatic rings. The Morgan fingerprint density at radius 1 is 1.09 bits per heavy atom. The highest BCUT2D eigenvalue weighted by molar-refractivity contribution is 6.11. The molecule has 1 aromatic heterocycles. The van der Waals surface area contributed by atoms with E-state index in [0.29, 0.717) is 22.3 Å². The number of nitrogens with one attached hydrogen (secondary N) is 2. The molecule has 0 unspecified atom stereocenters. The number of hydrogen-bond acceptors (Lipinski definition) is 3. The molecule has 22 heavy (non-hydrogen) atoms. The number of para-hydroxylation sites is 1. The summed E-state index contributed by atoms with van der Waals surface area (Å²) in [5.41, 5.74) is 3.25. The quantitative estimate of drug-likeness (QED) is 0.727. The number of aromatic amines is 1. The molecule has 0 atom stereocenters. The van der Waals surface area contributed by atoms with Crippen molar-refractivity contribution in [3.8, 4) is 0 Å². The van der Waals surface area contributed by atoms with Gasteiger partial charge in [0, 0.05) is 11.3 Å². The summed E-state index contributed by atoms with van der Waals surface area (Å²) in [6.45, 7) is 3.36. The standard InChI is InChI=1S/C17H15N3O2/c1-10(21)12-6-8-13(9-7-12)20-17(22)14-4-3-5-15-16(14)19-11(2)18-15/h3-9H,1-2H3,(H,18,19)(H,20,22). The fourth-order valence-corrected chi connectivity index (χ4v) is 2.33. The zero-order valence-electron chi connectivity index (χ0n) is 12.3. The van der Waals surface area contributed by atoms with Crippen LogP contribution in [0.2, 0.25) is 0 Å². The molecular formula is C17H15N3O2. The zero-order chi connectivity index (χ0) is 15.7. The van der Waals surface area contributed by atoms with Gasteiger partial charge in [0.1, 0.15) is 11.3 Å². The first-order valence-corrected chi connectivity index (χ1v) is 6.92. The molecule has 5 heteroatoms. The van der Waals surface area contributed by atoms with Gasteiger partial charge in [0.2, 0.25) is 0 Å². The number of nitrogens with zero attached hydrogens (tertiary/aromatic N) is 1. The molecular weight excluding hydrogens is 278 g/mol. The van der Waals surface area contributed by atoms with E-state index in [1.165, 1.54) is 6.92 Å². The van der Waals surface area contributed by atoms with Crippen LogP contribution in [0.25, 0.3) is 11.0 Å². The number of benzene rings is 2. The highest BCUT2D eigenvalue weighted by Crippen LogP contribution is 2.18. The van der Waals surface area contributed by atoms with E-state index in [4.69, 9.17) is 0 Å². The number of ketones is 1. The molecule has 2 aromatic carbocycles. The van der Waals surface area contributed by atoms with E-state index >= 15 is 0 Å². The Bertz CT molecular complexity index is 863. The molecule has 1 heterocycles. The maximum atomic E-state index is 12.4. The molecule has 0 fully saturated rings. The van der Waals surface area contributed by atoms with Crippen LogP contribution in [0.4, 0.5) is 5.69 Å². The Morgan fingerprint density at radius 2 is 1.82 bits per heavy atom. The smallest absolute Gasteiger partial charge is 0.257 e. The molecule has 3 aromatic rings. The van der Waals surface area contributed by atoms with Crippen LogP contribution >= 0.6 is 0 Å². The lowest BCUT2D eigenvalue weighted by molar-refractivity contribution is 0.101. The summed E-state index contributed by atoms with van der Waals surface area (Å²) < 4.78 is 0. The number of hydrogen-bond donors (Lipinski definition) is 2. The first kappa shape index (κ1) is 14.0. The molecule has 0 aliphatic heterocycles. The van der Waals surface area contributed by atoms with Crippen LogP contribution in [0.5, 0.6) is 0 Å². The minimum atomic E-state index is -0.229. The molecule has 110 valence electrons. The average Bonchev–Trinajstić information content (AvgIpc) is 2.87. The number of Topliss-reactive ketones (excluding diaryl/α,β-unsaturated/α-hetero) is 1. The third kappa shape index (κ3) is 2.61. The highest BCUT2D eigenvalue weighted by Gasteiger charge is 2.13. The van der Waals surface area contributed by atoms with Gasteiger partial charge < -0.3 is 10.3 Å². The van der Waals surface area contributed by atoms with Gasteiger partial charge in [0.25, 0.3) is 5.91 Å². The van der Waals surface area contributed by atoms with E-state index in [2.05, 4.69) is 15.3 Å². The largest absolute Gasteiger partial charge is 0.342 e. The normalized spacial score (nSPS) is 10.6. The first-order valence-electron chi connectivity index (χ1n) is 6.92. The van der Waals surface area contributed by atoms with Gasteiger partial charge in [-0.3, -0.25) is 9.59 Å². The summed E-state index contributed by atoms with van der Waals surface area (Å²) in [7, 11) is 0. The summed E-state index contributed by atoms with van der Waals surface area (Å²) in [5.74, 6) is 0.531. The molecule has 5 nitrogen and oxygen atoms in total. The lowest BCUT2D eigenvalue weighted by atomic mass is 10.1. The van der Waals surface area contributed by atoms with Gasteiger partial charge in [-0.15, -0.1) is 0 Å². The highest BCUT2D eigenvalue weighted by atomic mass is 16.1. The van der Waals surface area contributed by atoms with Crippen molar-refractivity contribution in [2.24, 2.45) is 0 Å². The maximum Gasteiger partial charge on any atom is 0.257 e. The Balaban J connectivity index is 1.88. The summed E-state index contributed by atoms with van der Waals surface area (Å²) in [6.07, 6.45) is 0. The van der Waals surface area contributed by atoms with Gasteiger partial charge in [0.05, 0.1) is 11.1 Å². The van der Waals surface area contributed by atoms with Crippen molar-refractivity contribution < 1.29 is 9.59 Å². The summed E-state index contributed by atoms with van der Waals surface area (Å²) in [6, 6.07) is 12.2. The van der Waals surface area contributed by atoms with Gasteiger partial charge in [0.15, 0.2) is 5.78 Å². The van der Waals surface area contributed by atoms with Crippen LogP contribution < -0.4 is 5.32 Å². The monoisotopic (exact) mass is 293 g/mol. The van der Waals surface area contributed by atoms with E-state index in [1.54, 1.807) is 30.3 Å². The van der Waals surface area contributed by atoms with Crippen molar-refractivity contribution >= 4 is 28.4 Å². The maximum absolute atomic E-state index is 12.4. The minimum absolute atomic E-state index is 0.00496. The molecule has 0 radical (unpaired) electrons. The predicted molar refractivity (Wildman–Crippen MR) is 85.2 cm³/mol. The predicted octanol–water partition coefficient (Wildman–Crippen LogP) is 3.33. The second-order valence-electron chi connectivity index (χ2n) is 5.11. The topological polar surface area (TPSA) is 74.8 Å². The van der Waals surface area contributed by atoms with Crippen LogP contribution in [0.1, 0.15) is 33.5 Å². The van der Waals surface area contributed by atoms with E-state index in [9.17, 15) is 9.59 Å². The van der Waals surface area contributed by atoms with Crippen LogP contribution in [0.3, 0.4) is 0 Å². The number of amides is 1. The third-order valence-corrected chi connectivity index (χ3v) is 3.43. The Kier molecular flexibility index (Phi) is 3.47. The number of H-pyrrole nitrogens is 1. The Labute approximate surface area is 127 Å². The van der Waals surface area contributed by atoms with Crippen molar-refractivity contribution in [3.63, 3.8) is 0 Å². The second kappa shape index (κ2) is 5.44. The number of aryl methyl sites for hydroxylation is 1. The molecule has 2 N–H and O–H groups in total. The molecule has 0 saturated heterocycles. The van der Waals surface area contributed by atoms with Crippen LogP contribution in [-0.4, -0.2) is 21.7 Å². The van der Waals surface area contributed by atoms with E-state index in [-0.39, 0.29) is 11.7 Å². The molecule has 1 amide bonds. The van der Waals surface area contributed by atoms with Crippen molar-refractivity contribution in [3.05, 3.63) is 59.4 Å². The summed E-state index contributed by atoms with van der Waals surface area (Å²) in [5, 5.41) is 2.82. The van der Waals surface area contributed by atoms with Gasteiger partial charge >= 0.3 is 0 Å². The Hall–Kier alpha value is -2.95. The van der Waals surface area contributed by atoms with Gasteiger partial charge in [-0.05, 0) is 50.2 Å². The van der Waals surface area contributed by atoms with E-state index < -0.39 is 0 Å². The molecule has 0 saturated carbocycles. The summed E-state index contributed by atoms with van der Waals surface area (Å²) >= 11 is 0. The van der Waals surface area contributed by atoms with Gasteiger partial charge in [-0.25, -0.2) is 4.98 Å². The zero-order valence-corrected chi connectivity index (χ0v) is 12.3. The third-order valence-electron chi connectivity index (χ3n) is 3.43. The van der Waals surface area contributed by atoms with Crippen molar-refractivity contribution in [2.45, 2.75) is 13.8 Å². The molecule has 0 bridgehead atoms. The average molecular weight is 293 g/mol. The number of fused-ring (bicyclic) bond motifs is 1. The fraction of sp³-hybridized carbons (Fsp3) is 0.118. The number of carbonyl (C=O) groups excluding carboxylic acids is 2. The second-order valence-corrected chi connectivity index (χ2v) is 5.11. The molecule has 0 spiro atoms. The van der Waals surface area contributed by atoms with E-state index in [1.807, 2.05) is 19.1 Å². The van der Waals surface area contributed by atoms with Crippen LogP contribution in [0.15, 0.2) is 42.5 Å². The fourth-order valence-electron chi connectivity index (χ4n) is 2.33. The number of anilines is 1.